The van der Waals surface area contributed by atoms with Gasteiger partial charge in [-0.2, -0.15) is 14.3 Å². The second kappa shape index (κ2) is 14.2. The van der Waals surface area contributed by atoms with Gasteiger partial charge in [-0.25, -0.2) is 8.42 Å². The van der Waals surface area contributed by atoms with Crippen molar-refractivity contribution in [3.63, 3.8) is 0 Å². The SMILES string of the molecule is C=CC(=O)Nc1cc(Nc2nc(OC3CN(S(C)(=O)=O)C3)c3ccn(COCC[Si](C)(C)C)c3n2)c(OC)cc1N1CCN(C)CC1. The maximum atomic E-state index is 12.5. The van der Waals surface area contributed by atoms with Crippen molar-refractivity contribution >= 4 is 58.0 Å². The van der Waals surface area contributed by atoms with E-state index in [1.165, 1.54) is 16.6 Å². The molecule has 16 heteroatoms. The molecule has 0 saturated carbocycles. The molecule has 2 aliphatic heterocycles. The fraction of sp³-hybridized carbons (Fsp3) is 0.516. The summed E-state index contributed by atoms with van der Waals surface area (Å²) >= 11 is 0. The number of rotatable bonds is 14. The van der Waals surface area contributed by atoms with Gasteiger partial charge in [0.1, 0.15) is 18.6 Å². The molecule has 0 spiro atoms. The zero-order valence-corrected chi connectivity index (χ0v) is 29.9. The van der Waals surface area contributed by atoms with E-state index in [0.717, 1.165) is 37.9 Å². The number of anilines is 4. The van der Waals surface area contributed by atoms with Gasteiger partial charge in [0.05, 0.1) is 48.9 Å². The van der Waals surface area contributed by atoms with E-state index in [4.69, 9.17) is 24.2 Å². The van der Waals surface area contributed by atoms with Crippen LogP contribution in [0.15, 0.2) is 37.1 Å². The molecule has 0 bridgehead atoms. The van der Waals surface area contributed by atoms with Crippen LogP contribution in [0, 0.1) is 0 Å². The Labute approximate surface area is 277 Å². The van der Waals surface area contributed by atoms with Gasteiger partial charge in [0.2, 0.25) is 27.8 Å². The molecule has 2 N–H and O–H groups in total. The van der Waals surface area contributed by atoms with E-state index >= 15 is 0 Å². The third-order valence-corrected chi connectivity index (χ3v) is 11.2. The minimum absolute atomic E-state index is 0.237. The maximum Gasteiger partial charge on any atom is 0.247 e. The maximum absolute atomic E-state index is 12.5. The predicted molar refractivity (Wildman–Crippen MR) is 187 cm³/mol. The zero-order valence-electron chi connectivity index (χ0n) is 28.1. The summed E-state index contributed by atoms with van der Waals surface area (Å²) in [6.45, 7) is 15.3. The average molecular weight is 687 g/mol. The van der Waals surface area contributed by atoms with Crippen molar-refractivity contribution in [3.8, 4) is 11.6 Å². The molecule has 1 amide bonds. The van der Waals surface area contributed by atoms with Crippen LogP contribution in [-0.2, 0) is 26.3 Å². The smallest absolute Gasteiger partial charge is 0.247 e. The number of piperazine rings is 1. The zero-order chi connectivity index (χ0) is 33.9. The van der Waals surface area contributed by atoms with E-state index in [1.807, 2.05) is 22.9 Å². The van der Waals surface area contributed by atoms with Gasteiger partial charge in [0.15, 0.2) is 5.65 Å². The van der Waals surface area contributed by atoms with Crippen LogP contribution in [0.1, 0.15) is 0 Å². The lowest BCUT2D eigenvalue weighted by Gasteiger charge is -2.36. The number of carbonyl (C=O) groups is 1. The molecule has 5 rings (SSSR count). The number of nitrogens with one attached hydrogen (secondary N) is 2. The molecule has 14 nitrogen and oxygen atoms in total. The van der Waals surface area contributed by atoms with E-state index in [9.17, 15) is 13.2 Å². The minimum atomic E-state index is -3.30. The second-order valence-electron chi connectivity index (χ2n) is 13.2. The third-order valence-electron chi connectivity index (χ3n) is 8.22. The van der Waals surface area contributed by atoms with Gasteiger partial charge in [-0.1, -0.05) is 26.2 Å². The highest BCUT2D eigenvalue weighted by Crippen LogP contribution is 2.39. The molecular weight excluding hydrogens is 641 g/mol. The molecule has 3 aromatic rings. The summed E-state index contributed by atoms with van der Waals surface area (Å²) < 4.78 is 45.3. The number of ether oxygens (including phenoxy) is 3. The van der Waals surface area contributed by atoms with Gasteiger partial charge >= 0.3 is 0 Å². The van der Waals surface area contributed by atoms with Crippen LogP contribution in [0.2, 0.25) is 25.7 Å². The summed E-state index contributed by atoms with van der Waals surface area (Å²) in [6.07, 6.45) is 3.94. The number of nitrogens with zero attached hydrogens (tertiary/aromatic N) is 6. The van der Waals surface area contributed by atoms with Crippen molar-refractivity contribution in [1.29, 1.82) is 0 Å². The number of aromatic nitrogens is 3. The molecule has 4 heterocycles. The Bertz CT molecular complexity index is 1710. The Hall–Kier alpha value is -3.70. The third kappa shape index (κ3) is 8.61. The average Bonchev–Trinajstić information content (AvgIpc) is 3.39. The first-order valence-corrected chi connectivity index (χ1v) is 21.2. The van der Waals surface area contributed by atoms with Crippen LogP contribution < -0.4 is 25.0 Å². The molecule has 2 fully saturated rings. The lowest BCUT2D eigenvalue weighted by molar-refractivity contribution is -0.111. The number of hydrogen-bond acceptors (Lipinski definition) is 11. The fourth-order valence-corrected chi connectivity index (χ4v) is 6.91. The summed E-state index contributed by atoms with van der Waals surface area (Å²) in [5.74, 6) is 0.764. The second-order valence-corrected chi connectivity index (χ2v) is 20.8. The number of likely N-dealkylation sites (N-methyl/N-ethyl adjacent to an activating group) is 1. The number of methoxy groups -OCH3 is 1. The Morgan fingerprint density at radius 3 is 2.49 bits per heavy atom. The van der Waals surface area contributed by atoms with Gasteiger partial charge < -0.3 is 39.2 Å². The lowest BCUT2D eigenvalue weighted by atomic mass is 10.1. The summed E-state index contributed by atoms with van der Waals surface area (Å²) in [4.78, 5) is 26.5. The molecule has 2 aromatic heterocycles. The summed E-state index contributed by atoms with van der Waals surface area (Å²) in [7, 11) is -0.893. The van der Waals surface area contributed by atoms with Crippen molar-refractivity contribution in [2.45, 2.75) is 38.5 Å². The normalized spacial score (nSPS) is 16.6. The standard InChI is InChI=1S/C31H46N8O6SSi/c1-8-28(40)32-24-17-25(27(43-3)18-26(24)37-13-11-36(2)12-14-37)33-31-34-29-23(9-10-38(29)21-44-15-16-47(5,6)7)30(35-31)45-22-19-39(20-22)46(4,41)42/h8-10,17-18,22H,1,11-16,19-21H2,2-7H3,(H,32,40)(H,33,34,35). The molecule has 256 valence electrons. The van der Waals surface area contributed by atoms with Crippen LogP contribution in [0.5, 0.6) is 11.6 Å². The van der Waals surface area contributed by atoms with E-state index in [2.05, 4.69) is 53.7 Å². The predicted octanol–water partition coefficient (Wildman–Crippen LogP) is 3.39. The van der Waals surface area contributed by atoms with Crippen LogP contribution in [0.25, 0.3) is 11.0 Å². The number of benzene rings is 1. The molecule has 47 heavy (non-hydrogen) atoms. The lowest BCUT2D eigenvalue weighted by Crippen LogP contribution is -2.55. The molecule has 0 unspecified atom stereocenters. The van der Waals surface area contributed by atoms with E-state index in [-0.39, 0.29) is 31.0 Å². The molecular formula is C31H46N8O6SSi. The number of carbonyl (C=O) groups excluding carboxylic acids is 1. The van der Waals surface area contributed by atoms with Gasteiger partial charge in [-0.3, -0.25) is 4.79 Å². The topological polar surface area (TPSA) is 143 Å². The van der Waals surface area contributed by atoms with Gasteiger partial charge in [0.25, 0.3) is 0 Å². The molecule has 2 aliphatic rings. The van der Waals surface area contributed by atoms with Crippen LogP contribution in [0.4, 0.5) is 23.0 Å². The Morgan fingerprint density at radius 1 is 1.13 bits per heavy atom. The first-order chi connectivity index (χ1) is 22.2. The highest BCUT2D eigenvalue weighted by atomic mass is 32.2. The summed E-state index contributed by atoms with van der Waals surface area (Å²) in [5, 5.41) is 6.91. The summed E-state index contributed by atoms with van der Waals surface area (Å²) in [6, 6.07) is 6.61. The van der Waals surface area contributed by atoms with E-state index in [1.54, 1.807) is 13.2 Å². The highest BCUT2D eigenvalue weighted by Gasteiger charge is 2.35. The highest BCUT2D eigenvalue weighted by molar-refractivity contribution is 7.88. The first kappa shape index (κ1) is 34.6. The van der Waals surface area contributed by atoms with Crippen LogP contribution in [-0.4, -0.2) is 119 Å². The fourth-order valence-electron chi connectivity index (χ4n) is 5.28. The van der Waals surface area contributed by atoms with Gasteiger partial charge in [-0.15, -0.1) is 0 Å². The van der Waals surface area contributed by atoms with E-state index < -0.39 is 18.1 Å². The van der Waals surface area contributed by atoms with Crippen molar-refractivity contribution in [1.82, 2.24) is 23.7 Å². The number of amides is 1. The molecule has 1 aromatic carbocycles. The van der Waals surface area contributed by atoms with Crippen LogP contribution in [0.3, 0.4) is 0 Å². The largest absolute Gasteiger partial charge is 0.494 e. The monoisotopic (exact) mass is 686 g/mol. The molecule has 2 saturated heterocycles. The van der Waals surface area contributed by atoms with Crippen molar-refractivity contribution in [3.05, 3.63) is 37.1 Å². The van der Waals surface area contributed by atoms with E-state index in [0.29, 0.717) is 47.4 Å². The Balaban J connectivity index is 1.48. The quantitative estimate of drug-likeness (QED) is 0.146. The number of hydrogen-bond donors (Lipinski definition) is 2. The minimum Gasteiger partial charge on any atom is -0.494 e. The molecule has 0 atom stereocenters. The van der Waals surface area contributed by atoms with Gasteiger partial charge in [0, 0.05) is 53.1 Å². The number of sulfonamides is 1. The van der Waals surface area contributed by atoms with Crippen molar-refractivity contribution in [2.75, 3.05) is 81.8 Å². The van der Waals surface area contributed by atoms with Crippen molar-refractivity contribution < 1.29 is 27.4 Å². The molecule has 0 radical (unpaired) electrons. The Morgan fingerprint density at radius 2 is 1.85 bits per heavy atom. The first-order valence-electron chi connectivity index (χ1n) is 15.7. The van der Waals surface area contributed by atoms with Crippen molar-refractivity contribution in [2.24, 2.45) is 0 Å². The van der Waals surface area contributed by atoms with Crippen LogP contribution >= 0.6 is 0 Å². The van der Waals surface area contributed by atoms with Gasteiger partial charge in [-0.05, 0) is 31.3 Å². The molecule has 0 aliphatic carbocycles. The Kier molecular flexibility index (Phi) is 10.5. The summed E-state index contributed by atoms with van der Waals surface area (Å²) in [5.41, 5.74) is 2.56. The number of fused-ring (bicyclic) bond motifs is 1.